The Morgan fingerprint density at radius 3 is 2.50 bits per heavy atom. The molecule has 0 aliphatic carbocycles. The zero-order valence-electron chi connectivity index (χ0n) is 14.9. The third-order valence-corrected chi connectivity index (χ3v) is 4.92. The molecule has 1 fully saturated rings. The summed E-state index contributed by atoms with van der Waals surface area (Å²) < 4.78 is 0. The van der Waals surface area contributed by atoms with Crippen molar-refractivity contribution < 1.29 is 9.72 Å². The number of nitrogens with zero attached hydrogens (tertiary/aromatic N) is 2. The molecule has 0 radical (unpaired) electrons. The molecule has 2 aromatic rings. The number of likely N-dealkylation sites (tertiary alicyclic amines) is 1. The molecule has 0 unspecified atom stereocenters. The molecule has 1 aliphatic rings. The fraction of sp³-hybridized carbons (Fsp3) is 0.350. The van der Waals surface area contributed by atoms with Crippen LogP contribution in [0.15, 0.2) is 48.5 Å². The Morgan fingerprint density at radius 1 is 1.15 bits per heavy atom. The topological polar surface area (TPSA) is 75.5 Å². The number of piperidine rings is 1. The lowest BCUT2D eigenvalue weighted by Crippen LogP contribution is -2.44. The summed E-state index contributed by atoms with van der Waals surface area (Å²) in [5.41, 5.74) is 2.07. The van der Waals surface area contributed by atoms with E-state index in [2.05, 4.69) is 22.3 Å². The van der Waals surface area contributed by atoms with Gasteiger partial charge in [0, 0.05) is 42.9 Å². The zero-order valence-corrected chi connectivity index (χ0v) is 14.9. The van der Waals surface area contributed by atoms with Crippen molar-refractivity contribution in [3.05, 3.63) is 75.3 Å². The molecule has 0 aromatic heterocycles. The van der Waals surface area contributed by atoms with E-state index in [-0.39, 0.29) is 17.6 Å². The van der Waals surface area contributed by atoms with E-state index in [1.54, 1.807) is 19.1 Å². The molecule has 1 heterocycles. The minimum absolute atomic E-state index is 0.0182. The Balaban J connectivity index is 1.55. The largest absolute Gasteiger partial charge is 0.349 e. The van der Waals surface area contributed by atoms with Crippen LogP contribution in [0.5, 0.6) is 0 Å². The van der Waals surface area contributed by atoms with Crippen LogP contribution in [0.1, 0.15) is 34.3 Å². The highest BCUT2D eigenvalue weighted by Crippen LogP contribution is 2.22. The number of rotatable bonds is 5. The lowest BCUT2D eigenvalue weighted by Gasteiger charge is -2.32. The first-order valence-electron chi connectivity index (χ1n) is 8.85. The number of amides is 1. The first-order chi connectivity index (χ1) is 12.5. The van der Waals surface area contributed by atoms with E-state index < -0.39 is 4.92 Å². The summed E-state index contributed by atoms with van der Waals surface area (Å²) in [6.45, 7) is 4.39. The highest BCUT2D eigenvalue weighted by molar-refractivity contribution is 5.96. The monoisotopic (exact) mass is 353 g/mol. The van der Waals surface area contributed by atoms with Crippen molar-refractivity contribution in [3.63, 3.8) is 0 Å². The van der Waals surface area contributed by atoms with Crippen LogP contribution in [-0.2, 0) is 6.54 Å². The maximum absolute atomic E-state index is 12.5. The fourth-order valence-corrected chi connectivity index (χ4v) is 3.41. The molecule has 136 valence electrons. The second kappa shape index (κ2) is 8.10. The molecule has 0 spiro atoms. The van der Waals surface area contributed by atoms with Crippen LogP contribution in [0, 0.1) is 17.0 Å². The number of carbonyl (C=O) groups excluding carboxylic acids is 1. The molecule has 3 rings (SSSR count). The van der Waals surface area contributed by atoms with Crippen LogP contribution in [0.2, 0.25) is 0 Å². The van der Waals surface area contributed by atoms with Crippen LogP contribution < -0.4 is 5.32 Å². The average Bonchev–Trinajstić information content (AvgIpc) is 2.64. The Bertz CT molecular complexity index is 784. The number of benzene rings is 2. The smallest absolute Gasteiger partial charge is 0.273 e. The summed E-state index contributed by atoms with van der Waals surface area (Å²) in [5.74, 6) is -0.229. The third kappa shape index (κ3) is 4.26. The molecule has 0 bridgehead atoms. The lowest BCUT2D eigenvalue weighted by molar-refractivity contribution is -0.385. The average molecular weight is 353 g/mol. The first-order valence-corrected chi connectivity index (χ1v) is 8.85. The van der Waals surface area contributed by atoms with Gasteiger partial charge < -0.3 is 5.32 Å². The van der Waals surface area contributed by atoms with Crippen LogP contribution >= 0.6 is 0 Å². The third-order valence-electron chi connectivity index (χ3n) is 4.92. The van der Waals surface area contributed by atoms with Crippen LogP contribution in [0.4, 0.5) is 5.69 Å². The van der Waals surface area contributed by atoms with Gasteiger partial charge in [-0.2, -0.15) is 0 Å². The number of carbonyl (C=O) groups is 1. The Labute approximate surface area is 153 Å². The molecule has 6 nitrogen and oxygen atoms in total. The molecule has 1 aliphatic heterocycles. The number of hydrogen-bond acceptors (Lipinski definition) is 4. The molecule has 0 saturated carbocycles. The van der Waals surface area contributed by atoms with Crippen molar-refractivity contribution >= 4 is 11.6 Å². The summed E-state index contributed by atoms with van der Waals surface area (Å²) in [5, 5.41) is 14.1. The summed E-state index contributed by atoms with van der Waals surface area (Å²) in [4.78, 5) is 25.5. The van der Waals surface area contributed by atoms with Gasteiger partial charge in [-0.25, -0.2) is 0 Å². The Hall–Kier alpha value is -2.73. The van der Waals surface area contributed by atoms with E-state index >= 15 is 0 Å². The van der Waals surface area contributed by atoms with Gasteiger partial charge in [-0.1, -0.05) is 36.4 Å². The van der Waals surface area contributed by atoms with Gasteiger partial charge in [-0.15, -0.1) is 0 Å². The van der Waals surface area contributed by atoms with Crippen LogP contribution in [0.3, 0.4) is 0 Å². The Kier molecular flexibility index (Phi) is 5.63. The van der Waals surface area contributed by atoms with Gasteiger partial charge in [0.05, 0.1) is 4.92 Å². The quantitative estimate of drug-likeness (QED) is 0.661. The Morgan fingerprint density at radius 2 is 1.85 bits per heavy atom. The number of hydrogen-bond donors (Lipinski definition) is 1. The van der Waals surface area contributed by atoms with Crippen LogP contribution in [-0.4, -0.2) is 34.9 Å². The molecule has 0 atom stereocenters. The van der Waals surface area contributed by atoms with Crippen LogP contribution in [0.25, 0.3) is 0 Å². The van der Waals surface area contributed by atoms with E-state index in [0.717, 1.165) is 32.5 Å². The predicted octanol–water partition coefficient (Wildman–Crippen LogP) is 3.30. The van der Waals surface area contributed by atoms with E-state index in [1.807, 2.05) is 18.2 Å². The van der Waals surface area contributed by atoms with Gasteiger partial charge in [-0.05, 0) is 31.4 Å². The number of nitrogens with one attached hydrogen (secondary N) is 1. The van der Waals surface area contributed by atoms with E-state index in [4.69, 9.17) is 0 Å². The molecule has 1 amide bonds. The first kappa shape index (κ1) is 18.1. The lowest BCUT2D eigenvalue weighted by atomic mass is 10.0. The maximum Gasteiger partial charge on any atom is 0.273 e. The predicted molar refractivity (Wildman–Crippen MR) is 100 cm³/mol. The SMILES string of the molecule is Cc1c(C(=O)NC2CCN(Cc3ccccc3)CC2)cccc1[N+](=O)[O-]. The van der Waals surface area contributed by atoms with Crippen molar-refractivity contribution in [3.8, 4) is 0 Å². The fourth-order valence-electron chi connectivity index (χ4n) is 3.41. The molecular weight excluding hydrogens is 330 g/mol. The van der Waals surface area contributed by atoms with Gasteiger partial charge in [0.2, 0.25) is 0 Å². The summed E-state index contributed by atoms with van der Waals surface area (Å²) in [6.07, 6.45) is 1.76. The van der Waals surface area contributed by atoms with Crippen molar-refractivity contribution in [2.75, 3.05) is 13.1 Å². The minimum atomic E-state index is -0.450. The summed E-state index contributed by atoms with van der Waals surface area (Å²) in [7, 11) is 0. The number of nitro groups is 1. The molecule has 2 aromatic carbocycles. The van der Waals surface area contributed by atoms with Crippen molar-refractivity contribution in [2.45, 2.75) is 32.4 Å². The molecule has 1 N–H and O–H groups in total. The molecule has 26 heavy (non-hydrogen) atoms. The normalized spacial score (nSPS) is 15.6. The molecular formula is C20H23N3O3. The molecule has 1 saturated heterocycles. The van der Waals surface area contributed by atoms with Gasteiger partial charge in [0.15, 0.2) is 0 Å². The minimum Gasteiger partial charge on any atom is -0.349 e. The van der Waals surface area contributed by atoms with E-state index in [1.165, 1.54) is 11.6 Å². The van der Waals surface area contributed by atoms with Crippen molar-refractivity contribution in [1.82, 2.24) is 10.2 Å². The highest BCUT2D eigenvalue weighted by atomic mass is 16.6. The summed E-state index contributed by atoms with van der Waals surface area (Å²) >= 11 is 0. The maximum atomic E-state index is 12.5. The van der Waals surface area contributed by atoms with Gasteiger partial charge in [0.1, 0.15) is 0 Å². The highest BCUT2D eigenvalue weighted by Gasteiger charge is 2.23. The van der Waals surface area contributed by atoms with Gasteiger partial charge in [0.25, 0.3) is 11.6 Å². The van der Waals surface area contributed by atoms with Crippen molar-refractivity contribution in [1.29, 1.82) is 0 Å². The second-order valence-electron chi connectivity index (χ2n) is 6.72. The second-order valence-corrected chi connectivity index (χ2v) is 6.72. The van der Waals surface area contributed by atoms with Gasteiger partial charge >= 0.3 is 0 Å². The van der Waals surface area contributed by atoms with Crippen molar-refractivity contribution in [2.24, 2.45) is 0 Å². The standard InChI is InChI=1S/C20H23N3O3/c1-15-18(8-5-9-19(15)23(25)26)20(24)21-17-10-12-22(13-11-17)14-16-6-3-2-4-7-16/h2-9,17H,10-14H2,1H3,(H,21,24). The zero-order chi connectivity index (χ0) is 18.5. The molecule has 6 heteroatoms. The van der Waals surface area contributed by atoms with E-state index in [9.17, 15) is 14.9 Å². The van der Waals surface area contributed by atoms with Gasteiger partial charge in [-0.3, -0.25) is 19.8 Å². The number of nitro benzene ring substituents is 1. The van der Waals surface area contributed by atoms with E-state index in [0.29, 0.717) is 11.1 Å². The summed E-state index contributed by atoms with van der Waals surface area (Å²) in [6, 6.07) is 15.1.